The molecule has 0 amide bonds. The smallest absolute Gasteiger partial charge is 0.381 e. The van der Waals surface area contributed by atoms with E-state index in [-0.39, 0.29) is 19.4 Å². The van der Waals surface area contributed by atoms with E-state index in [4.69, 9.17) is 4.74 Å². The van der Waals surface area contributed by atoms with Crippen LogP contribution in [0.3, 0.4) is 0 Å². The predicted molar refractivity (Wildman–Crippen MR) is 90.0 cm³/mol. The van der Waals surface area contributed by atoms with Crippen molar-refractivity contribution in [1.82, 2.24) is 0 Å². The molecule has 0 aromatic rings. The Kier molecular flexibility index (Phi) is 12.2. The standard InChI is InChI=1S/C18H26F8O4/c1-2-3-4-5-6-7-11-29-13(27)9-8-10-14(28)30-12-16(21,22)18(25,26)17(23,24)15(19)20/h15H,2-12H2,1H3. The molecule has 0 saturated heterocycles. The molecule has 0 atom stereocenters. The summed E-state index contributed by atoms with van der Waals surface area (Å²) >= 11 is 0. The summed E-state index contributed by atoms with van der Waals surface area (Å²) in [5, 5.41) is 0. The second kappa shape index (κ2) is 12.9. The van der Waals surface area contributed by atoms with Crippen LogP contribution in [-0.4, -0.2) is 49.3 Å². The number of alkyl halides is 8. The summed E-state index contributed by atoms with van der Waals surface area (Å²) in [4.78, 5) is 22.7. The fourth-order valence-corrected chi connectivity index (χ4v) is 2.23. The highest BCUT2D eigenvalue weighted by Gasteiger charge is 2.75. The van der Waals surface area contributed by atoms with E-state index < -0.39 is 49.2 Å². The van der Waals surface area contributed by atoms with Crippen LogP contribution in [0.15, 0.2) is 0 Å². The second-order valence-electron chi connectivity index (χ2n) is 6.70. The van der Waals surface area contributed by atoms with Crippen molar-refractivity contribution in [2.24, 2.45) is 0 Å². The maximum absolute atomic E-state index is 13.2. The van der Waals surface area contributed by atoms with E-state index in [2.05, 4.69) is 11.7 Å². The number of hydrogen-bond acceptors (Lipinski definition) is 4. The van der Waals surface area contributed by atoms with Crippen LogP contribution in [0.5, 0.6) is 0 Å². The van der Waals surface area contributed by atoms with Crippen molar-refractivity contribution in [3.05, 3.63) is 0 Å². The molecule has 30 heavy (non-hydrogen) atoms. The van der Waals surface area contributed by atoms with Gasteiger partial charge in [-0.2, -0.15) is 26.3 Å². The van der Waals surface area contributed by atoms with Crippen LogP contribution in [0.1, 0.15) is 64.7 Å². The van der Waals surface area contributed by atoms with Gasteiger partial charge in [-0.05, 0) is 12.8 Å². The highest BCUT2D eigenvalue weighted by Crippen LogP contribution is 2.48. The summed E-state index contributed by atoms with van der Waals surface area (Å²) in [7, 11) is 0. The minimum Gasteiger partial charge on any atom is -0.466 e. The molecule has 0 N–H and O–H groups in total. The minimum atomic E-state index is -6.44. The number of carbonyl (C=O) groups is 2. The highest BCUT2D eigenvalue weighted by atomic mass is 19.4. The summed E-state index contributed by atoms with van der Waals surface area (Å²) < 4.78 is 110. The molecule has 0 aromatic carbocycles. The molecule has 0 aliphatic rings. The van der Waals surface area contributed by atoms with E-state index in [1.807, 2.05) is 0 Å². The number of halogens is 8. The van der Waals surface area contributed by atoms with E-state index in [1.165, 1.54) is 0 Å². The van der Waals surface area contributed by atoms with Crippen LogP contribution in [0, 0.1) is 0 Å². The molecule has 0 aromatic heterocycles. The van der Waals surface area contributed by atoms with Crippen molar-refractivity contribution in [3.8, 4) is 0 Å². The molecular formula is C18H26F8O4. The lowest BCUT2D eigenvalue weighted by atomic mass is 10.1. The predicted octanol–water partition coefficient (Wildman–Crippen LogP) is 5.77. The monoisotopic (exact) mass is 458 g/mol. The third-order valence-corrected chi connectivity index (χ3v) is 4.09. The Labute approximate surface area is 169 Å². The van der Waals surface area contributed by atoms with Crippen LogP contribution in [0.4, 0.5) is 35.1 Å². The molecule has 0 rings (SSSR count). The zero-order chi connectivity index (χ0) is 23.4. The molecular weight excluding hydrogens is 432 g/mol. The molecule has 0 radical (unpaired) electrons. The van der Waals surface area contributed by atoms with E-state index in [0.29, 0.717) is 6.42 Å². The Bertz CT molecular complexity index is 526. The van der Waals surface area contributed by atoms with E-state index >= 15 is 0 Å². The Hall–Kier alpha value is -1.62. The van der Waals surface area contributed by atoms with Crippen LogP contribution in [0.2, 0.25) is 0 Å². The molecule has 0 heterocycles. The molecule has 0 saturated carbocycles. The van der Waals surface area contributed by atoms with Gasteiger partial charge in [0.2, 0.25) is 0 Å². The molecule has 0 unspecified atom stereocenters. The summed E-state index contributed by atoms with van der Waals surface area (Å²) in [6, 6.07) is 0. The van der Waals surface area contributed by atoms with Crippen molar-refractivity contribution in [3.63, 3.8) is 0 Å². The van der Waals surface area contributed by atoms with Crippen molar-refractivity contribution in [2.75, 3.05) is 13.2 Å². The van der Waals surface area contributed by atoms with Crippen molar-refractivity contribution < 1.29 is 54.2 Å². The van der Waals surface area contributed by atoms with Gasteiger partial charge in [0.1, 0.15) is 0 Å². The van der Waals surface area contributed by atoms with Gasteiger partial charge >= 0.3 is 36.1 Å². The fourth-order valence-electron chi connectivity index (χ4n) is 2.23. The topological polar surface area (TPSA) is 52.6 Å². The van der Waals surface area contributed by atoms with Gasteiger partial charge < -0.3 is 9.47 Å². The van der Waals surface area contributed by atoms with Gasteiger partial charge in [0.05, 0.1) is 6.61 Å². The zero-order valence-electron chi connectivity index (χ0n) is 16.5. The van der Waals surface area contributed by atoms with Gasteiger partial charge in [-0.25, -0.2) is 8.78 Å². The minimum absolute atomic E-state index is 0.176. The first-order chi connectivity index (χ1) is 13.8. The van der Waals surface area contributed by atoms with E-state index in [9.17, 15) is 44.7 Å². The number of carbonyl (C=O) groups excluding carboxylic acids is 2. The maximum Gasteiger partial charge on any atom is 0.381 e. The van der Waals surface area contributed by atoms with Crippen LogP contribution < -0.4 is 0 Å². The fraction of sp³-hybridized carbons (Fsp3) is 0.889. The summed E-state index contributed by atoms with van der Waals surface area (Å²) in [6.45, 7) is -0.261. The lowest BCUT2D eigenvalue weighted by Crippen LogP contribution is -2.59. The number of hydrogen-bond donors (Lipinski definition) is 0. The number of unbranched alkanes of at least 4 members (excludes halogenated alkanes) is 5. The normalized spacial score (nSPS) is 12.9. The summed E-state index contributed by atoms with van der Waals surface area (Å²) in [5.74, 6) is -20.6. The van der Waals surface area contributed by atoms with Crippen molar-refractivity contribution >= 4 is 11.9 Å². The Morgan fingerprint density at radius 3 is 1.80 bits per heavy atom. The van der Waals surface area contributed by atoms with E-state index in [0.717, 1.165) is 32.1 Å². The number of ether oxygens (including phenoxy) is 2. The van der Waals surface area contributed by atoms with Gasteiger partial charge in [-0.15, -0.1) is 0 Å². The van der Waals surface area contributed by atoms with Crippen LogP contribution in [0.25, 0.3) is 0 Å². The molecule has 0 fully saturated rings. The largest absolute Gasteiger partial charge is 0.466 e. The van der Waals surface area contributed by atoms with Gasteiger partial charge in [-0.1, -0.05) is 39.0 Å². The van der Waals surface area contributed by atoms with Crippen molar-refractivity contribution in [2.45, 2.75) is 88.9 Å². The summed E-state index contributed by atoms with van der Waals surface area (Å²) in [5.41, 5.74) is 0. The van der Waals surface area contributed by atoms with Gasteiger partial charge in [0, 0.05) is 12.8 Å². The molecule has 0 bridgehead atoms. The molecule has 0 aliphatic heterocycles. The Balaban J connectivity index is 4.16. The van der Waals surface area contributed by atoms with Crippen LogP contribution in [-0.2, 0) is 19.1 Å². The van der Waals surface area contributed by atoms with Crippen LogP contribution >= 0.6 is 0 Å². The average molecular weight is 458 g/mol. The molecule has 178 valence electrons. The lowest BCUT2D eigenvalue weighted by molar-refractivity contribution is -0.344. The van der Waals surface area contributed by atoms with Gasteiger partial charge in [0.25, 0.3) is 0 Å². The highest BCUT2D eigenvalue weighted by molar-refractivity contribution is 5.72. The molecule has 4 nitrogen and oxygen atoms in total. The summed E-state index contributed by atoms with van der Waals surface area (Å²) in [6.07, 6.45) is -0.359. The van der Waals surface area contributed by atoms with Gasteiger partial charge in [0.15, 0.2) is 6.61 Å². The quantitative estimate of drug-likeness (QED) is 0.167. The number of esters is 2. The molecule has 12 heteroatoms. The first-order valence-corrected chi connectivity index (χ1v) is 9.52. The Morgan fingerprint density at radius 2 is 1.27 bits per heavy atom. The van der Waals surface area contributed by atoms with E-state index in [1.54, 1.807) is 0 Å². The molecule has 0 aliphatic carbocycles. The first kappa shape index (κ1) is 28.4. The third-order valence-electron chi connectivity index (χ3n) is 4.09. The lowest BCUT2D eigenvalue weighted by Gasteiger charge is -2.31. The SMILES string of the molecule is CCCCCCCCOC(=O)CCCC(=O)OCC(F)(F)C(F)(F)C(F)(F)C(F)F. The van der Waals surface area contributed by atoms with Gasteiger partial charge in [-0.3, -0.25) is 9.59 Å². The average Bonchev–Trinajstić information content (AvgIpc) is 2.65. The Morgan fingerprint density at radius 1 is 0.767 bits per heavy atom. The zero-order valence-corrected chi connectivity index (χ0v) is 16.5. The van der Waals surface area contributed by atoms with Crippen molar-refractivity contribution in [1.29, 1.82) is 0 Å². The maximum atomic E-state index is 13.2. The molecule has 0 spiro atoms. The third kappa shape index (κ3) is 9.03. The number of rotatable bonds is 16. The first-order valence-electron chi connectivity index (χ1n) is 9.52. The second-order valence-corrected chi connectivity index (χ2v) is 6.70.